The molecule has 0 saturated heterocycles. The minimum Gasteiger partial charge on any atom is -0.391 e. The van der Waals surface area contributed by atoms with Crippen LogP contribution in [0.2, 0.25) is 5.02 Å². The third-order valence-corrected chi connectivity index (χ3v) is 5.79. The molecule has 9 heteroatoms. The maximum atomic E-state index is 12.4. The van der Waals surface area contributed by atoms with E-state index in [1.54, 1.807) is 6.92 Å². The molecule has 1 saturated carbocycles. The first-order valence-corrected chi connectivity index (χ1v) is 8.95. The second-order valence-electron chi connectivity index (χ2n) is 5.54. The fourth-order valence-corrected chi connectivity index (χ4v) is 4.07. The smallest absolute Gasteiger partial charge is 0.243 e. The molecule has 0 amide bonds. The van der Waals surface area contributed by atoms with Gasteiger partial charge in [-0.15, -0.1) is 0 Å². The van der Waals surface area contributed by atoms with Crippen LogP contribution in [0.15, 0.2) is 17.3 Å². The van der Waals surface area contributed by atoms with E-state index in [0.717, 1.165) is 12.8 Å². The normalized spacial score (nSPS) is 23.0. The number of fused-ring (bicyclic) bond motifs is 1. The van der Waals surface area contributed by atoms with Crippen molar-refractivity contribution in [3.63, 3.8) is 0 Å². The van der Waals surface area contributed by atoms with Crippen molar-refractivity contribution in [2.75, 3.05) is 0 Å². The van der Waals surface area contributed by atoms with Crippen LogP contribution in [0.3, 0.4) is 0 Å². The zero-order valence-electron chi connectivity index (χ0n) is 12.0. The van der Waals surface area contributed by atoms with E-state index in [-0.39, 0.29) is 4.90 Å². The number of aryl methyl sites for hydroxylation is 1. The van der Waals surface area contributed by atoms with E-state index in [1.807, 2.05) is 0 Å². The molecule has 2 aromatic rings. The van der Waals surface area contributed by atoms with Crippen LogP contribution < -0.4 is 4.72 Å². The van der Waals surface area contributed by atoms with Gasteiger partial charge in [0, 0.05) is 6.04 Å². The van der Waals surface area contributed by atoms with Crippen LogP contribution in [-0.4, -0.2) is 40.3 Å². The van der Waals surface area contributed by atoms with Gasteiger partial charge < -0.3 is 5.11 Å². The highest BCUT2D eigenvalue weighted by Gasteiger charge is 2.28. The lowest BCUT2D eigenvalue weighted by Crippen LogP contribution is -2.45. The summed E-state index contributed by atoms with van der Waals surface area (Å²) < 4.78 is 28.8. The second kappa shape index (κ2) is 5.77. The molecule has 0 aromatic carbocycles. The van der Waals surface area contributed by atoms with E-state index in [0.29, 0.717) is 29.2 Å². The summed E-state index contributed by atoms with van der Waals surface area (Å²) in [6.45, 7) is 1.72. The lowest BCUT2D eigenvalue weighted by Gasteiger charge is -2.27. The topological polar surface area (TPSA) is 96.6 Å². The molecule has 0 radical (unpaired) electrons. The Kier molecular flexibility index (Phi) is 4.11. The van der Waals surface area contributed by atoms with Crippen LogP contribution >= 0.6 is 11.6 Å². The fraction of sp³-hybridized carbons (Fsp3) is 0.538. The first-order valence-electron chi connectivity index (χ1n) is 7.09. The molecule has 7 nitrogen and oxygen atoms in total. The lowest BCUT2D eigenvalue weighted by molar-refractivity contribution is 0.101. The van der Waals surface area contributed by atoms with E-state index < -0.39 is 22.2 Å². The van der Waals surface area contributed by atoms with E-state index in [4.69, 9.17) is 11.6 Å². The number of halogens is 1. The van der Waals surface area contributed by atoms with Gasteiger partial charge in [-0.25, -0.2) is 22.6 Å². The lowest BCUT2D eigenvalue weighted by atomic mass is 9.93. The van der Waals surface area contributed by atoms with Gasteiger partial charge in [0.05, 0.1) is 24.2 Å². The predicted molar refractivity (Wildman–Crippen MR) is 81.3 cm³/mol. The summed E-state index contributed by atoms with van der Waals surface area (Å²) in [5.41, 5.74) is 0.996. The largest absolute Gasteiger partial charge is 0.391 e. The number of aromatic nitrogens is 3. The molecule has 1 fully saturated rings. The minimum atomic E-state index is -3.76. The van der Waals surface area contributed by atoms with Crippen LogP contribution in [0.25, 0.3) is 5.65 Å². The molecule has 0 spiro atoms. The first kappa shape index (κ1) is 15.7. The molecule has 0 unspecified atom stereocenters. The Morgan fingerprint density at radius 3 is 2.86 bits per heavy atom. The number of aliphatic hydroxyl groups is 1. The highest BCUT2D eigenvalue weighted by Crippen LogP contribution is 2.22. The molecule has 22 heavy (non-hydrogen) atoms. The van der Waals surface area contributed by atoms with Crippen molar-refractivity contribution in [2.45, 2.75) is 49.6 Å². The van der Waals surface area contributed by atoms with E-state index >= 15 is 0 Å². The Morgan fingerprint density at radius 1 is 1.41 bits per heavy atom. The molecule has 2 heterocycles. The zero-order chi connectivity index (χ0) is 15.9. The highest BCUT2D eigenvalue weighted by molar-refractivity contribution is 7.89. The summed E-state index contributed by atoms with van der Waals surface area (Å²) in [5, 5.41) is 14.4. The van der Waals surface area contributed by atoms with Crippen LogP contribution in [0, 0.1) is 6.92 Å². The SMILES string of the molecule is Cc1nn2cc(S(=O)(=O)N[C@H]3CCCC[C@@H]3O)cnc2c1Cl. The van der Waals surface area contributed by atoms with Crippen molar-refractivity contribution < 1.29 is 13.5 Å². The quantitative estimate of drug-likeness (QED) is 0.874. The molecule has 120 valence electrons. The maximum Gasteiger partial charge on any atom is 0.243 e. The van der Waals surface area contributed by atoms with Crippen LogP contribution in [-0.2, 0) is 10.0 Å². The molecular formula is C13H17ClN4O3S. The molecule has 2 N–H and O–H groups in total. The molecule has 2 atom stereocenters. The monoisotopic (exact) mass is 344 g/mol. The first-order chi connectivity index (χ1) is 10.4. The van der Waals surface area contributed by atoms with E-state index in [1.165, 1.54) is 16.9 Å². The summed E-state index contributed by atoms with van der Waals surface area (Å²) in [4.78, 5) is 4.06. The zero-order valence-corrected chi connectivity index (χ0v) is 13.6. The van der Waals surface area contributed by atoms with Crippen molar-refractivity contribution in [1.82, 2.24) is 19.3 Å². The third kappa shape index (κ3) is 2.83. The summed E-state index contributed by atoms with van der Waals surface area (Å²) in [6.07, 6.45) is 5.02. The maximum absolute atomic E-state index is 12.4. The number of rotatable bonds is 3. The highest BCUT2D eigenvalue weighted by atomic mass is 35.5. The number of hydrogen-bond donors (Lipinski definition) is 2. The molecular weight excluding hydrogens is 328 g/mol. The van der Waals surface area contributed by atoms with Gasteiger partial charge in [-0.3, -0.25) is 0 Å². The Balaban J connectivity index is 1.91. The molecule has 0 bridgehead atoms. The van der Waals surface area contributed by atoms with E-state index in [9.17, 15) is 13.5 Å². The summed E-state index contributed by atoms with van der Waals surface area (Å²) in [6, 6.07) is -0.461. The number of nitrogens with zero attached hydrogens (tertiary/aromatic N) is 3. The van der Waals surface area contributed by atoms with Gasteiger partial charge >= 0.3 is 0 Å². The van der Waals surface area contributed by atoms with Crippen molar-refractivity contribution in [3.8, 4) is 0 Å². The van der Waals surface area contributed by atoms with Crippen molar-refractivity contribution in [3.05, 3.63) is 23.1 Å². The van der Waals surface area contributed by atoms with Crippen molar-refractivity contribution >= 4 is 27.3 Å². The van der Waals surface area contributed by atoms with Crippen molar-refractivity contribution in [2.24, 2.45) is 0 Å². The van der Waals surface area contributed by atoms with Gasteiger partial charge in [0.15, 0.2) is 5.65 Å². The molecule has 2 aromatic heterocycles. The molecule has 3 rings (SSSR count). The molecule has 1 aliphatic rings. The Labute approximate surface area is 133 Å². The number of sulfonamides is 1. The predicted octanol–water partition coefficient (Wildman–Crippen LogP) is 1.27. The van der Waals surface area contributed by atoms with Gasteiger partial charge in [0.25, 0.3) is 0 Å². The summed E-state index contributed by atoms with van der Waals surface area (Å²) >= 11 is 6.04. The fourth-order valence-electron chi connectivity index (χ4n) is 2.65. The Morgan fingerprint density at radius 2 is 2.14 bits per heavy atom. The standard InChI is InChI=1S/C13H17ClN4O3S/c1-8-12(14)13-15-6-9(7-18(13)16-8)22(20,21)17-10-4-2-3-5-11(10)19/h6-7,10-11,17,19H,2-5H2,1H3/t10-,11-/m0/s1. The third-order valence-electron chi connectivity index (χ3n) is 3.90. The average Bonchev–Trinajstić information content (AvgIpc) is 2.76. The average molecular weight is 345 g/mol. The van der Waals surface area contributed by atoms with E-state index in [2.05, 4.69) is 14.8 Å². The van der Waals surface area contributed by atoms with Crippen molar-refractivity contribution in [1.29, 1.82) is 0 Å². The second-order valence-corrected chi connectivity index (χ2v) is 7.63. The molecule has 1 aliphatic carbocycles. The number of aliphatic hydroxyl groups excluding tert-OH is 1. The minimum absolute atomic E-state index is 0.00283. The van der Waals surface area contributed by atoms with Gasteiger partial charge in [-0.2, -0.15) is 5.10 Å². The number of hydrogen-bond acceptors (Lipinski definition) is 5. The van der Waals surface area contributed by atoms with Gasteiger partial charge in [-0.05, 0) is 19.8 Å². The summed E-state index contributed by atoms with van der Waals surface area (Å²) in [5.74, 6) is 0. The van der Waals surface area contributed by atoms with Crippen LogP contribution in [0.5, 0.6) is 0 Å². The van der Waals surface area contributed by atoms with Crippen LogP contribution in [0.4, 0.5) is 0 Å². The Hall–Kier alpha value is -1.22. The Bertz CT molecular complexity index is 805. The van der Waals surface area contributed by atoms with Crippen LogP contribution in [0.1, 0.15) is 31.4 Å². The molecule has 0 aliphatic heterocycles. The number of nitrogens with one attached hydrogen (secondary N) is 1. The van der Waals surface area contributed by atoms with Gasteiger partial charge in [0.1, 0.15) is 9.92 Å². The van der Waals surface area contributed by atoms with Gasteiger partial charge in [0.2, 0.25) is 10.0 Å². The summed E-state index contributed by atoms with van der Waals surface area (Å²) in [7, 11) is -3.76. The van der Waals surface area contributed by atoms with Gasteiger partial charge in [-0.1, -0.05) is 24.4 Å².